The second-order valence-corrected chi connectivity index (χ2v) is 11.1. The zero-order chi connectivity index (χ0) is 30.5. The van der Waals surface area contributed by atoms with Crippen molar-refractivity contribution in [1.82, 2.24) is 19.8 Å². The smallest absolute Gasteiger partial charge is 0.294 e. The van der Waals surface area contributed by atoms with Crippen molar-refractivity contribution in [1.29, 1.82) is 0 Å². The first kappa shape index (κ1) is 30.1. The molecule has 0 aliphatic carbocycles. The zero-order valence-electron chi connectivity index (χ0n) is 24.9. The van der Waals surface area contributed by atoms with Gasteiger partial charge < -0.3 is 29.6 Å². The first-order chi connectivity index (χ1) is 20.7. The number of hydrogen-bond acceptors (Lipinski definition) is 8. The van der Waals surface area contributed by atoms with Crippen LogP contribution in [0.2, 0.25) is 0 Å². The summed E-state index contributed by atoms with van der Waals surface area (Å²) in [5, 5.41) is 5.59. The number of furan rings is 1. The van der Waals surface area contributed by atoms with E-state index in [1.807, 2.05) is 31.7 Å². The lowest BCUT2D eigenvalue weighted by atomic mass is 9.98. The van der Waals surface area contributed by atoms with E-state index in [0.717, 1.165) is 24.9 Å². The van der Waals surface area contributed by atoms with E-state index < -0.39 is 11.8 Å². The van der Waals surface area contributed by atoms with E-state index in [0.29, 0.717) is 51.4 Å². The normalized spacial score (nSPS) is 16.8. The molecular weight excluding hydrogens is 552 g/mol. The molecule has 0 aromatic carbocycles. The standard InChI is InChI=1S/C31H38N6O6/c1-4-21(37-13-5-6-25(37)38)9-8-20(3)29(39)35-27-26-23(11-10-22(33-26)31(41)36-14-16-42-17-15-36)43-28(27)30(40)34-24-12-7-19(2)18-32-24/h7,10-12,18,20-21H,4-6,8-9,13-17H2,1-3H3,(H,35,39)(H,32,34,40)/t20-,21?/m0/s1. The third-order valence-electron chi connectivity index (χ3n) is 8.06. The van der Waals surface area contributed by atoms with E-state index in [1.54, 1.807) is 29.3 Å². The second-order valence-electron chi connectivity index (χ2n) is 11.1. The molecule has 1 unspecified atom stereocenters. The van der Waals surface area contributed by atoms with Gasteiger partial charge in [0.2, 0.25) is 17.6 Å². The Kier molecular flexibility index (Phi) is 9.34. The molecule has 3 aromatic heterocycles. The Hall–Kier alpha value is -4.32. The molecule has 2 aliphatic rings. The number of aromatic nitrogens is 2. The number of aryl methyl sites for hydroxylation is 1. The number of anilines is 2. The van der Waals surface area contributed by atoms with Gasteiger partial charge >= 0.3 is 0 Å². The maximum atomic E-state index is 13.5. The Balaban J connectivity index is 1.40. The van der Waals surface area contributed by atoms with Crippen molar-refractivity contribution in [3.05, 3.63) is 47.5 Å². The summed E-state index contributed by atoms with van der Waals surface area (Å²) >= 11 is 0. The van der Waals surface area contributed by atoms with Gasteiger partial charge in [-0.2, -0.15) is 0 Å². The minimum Gasteiger partial charge on any atom is -0.447 e. The molecule has 0 bridgehead atoms. The maximum Gasteiger partial charge on any atom is 0.294 e. The number of rotatable bonds is 10. The van der Waals surface area contributed by atoms with E-state index in [2.05, 4.69) is 20.6 Å². The predicted octanol–water partition coefficient (Wildman–Crippen LogP) is 4.01. The van der Waals surface area contributed by atoms with Gasteiger partial charge in [0, 0.05) is 44.2 Å². The molecule has 0 saturated carbocycles. The van der Waals surface area contributed by atoms with Crippen molar-refractivity contribution >= 4 is 46.2 Å². The largest absolute Gasteiger partial charge is 0.447 e. The van der Waals surface area contributed by atoms with Crippen molar-refractivity contribution in [3.8, 4) is 0 Å². The Labute approximate surface area is 250 Å². The average Bonchev–Trinajstić information content (AvgIpc) is 3.61. The number of ether oxygens (including phenoxy) is 1. The summed E-state index contributed by atoms with van der Waals surface area (Å²) < 4.78 is 11.3. The number of morpholine rings is 1. The quantitative estimate of drug-likeness (QED) is 0.360. The summed E-state index contributed by atoms with van der Waals surface area (Å²) in [6.45, 7) is 8.29. The Bertz CT molecular complexity index is 1500. The van der Waals surface area contributed by atoms with Crippen LogP contribution < -0.4 is 10.6 Å². The molecule has 5 rings (SSSR count). The van der Waals surface area contributed by atoms with Gasteiger partial charge in [0.1, 0.15) is 22.7 Å². The fourth-order valence-corrected chi connectivity index (χ4v) is 5.47. The van der Waals surface area contributed by atoms with E-state index >= 15 is 0 Å². The van der Waals surface area contributed by atoms with Gasteiger partial charge in [-0.15, -0.1) is 0 Å². The number of fused-ring (bicyclic) bond motifs is 1. The second kappa shape index (κ2) is 13.3. The Morgan fingerprint density at radius 2 is 1.84 bits per heavy atom. The maximum absolute atomic E-state index is 13.5. The van der Waals surface area contributed by atoms with E-state index in [9.17, 15) is 19.2 Å². The molecule has 2 saturated heterocycles. The SMILES string of the molecule is CCC(CC[C@H](C)C(=O)Nc1c(C(=O)Nc2ccc(C)cn2)oc2ccc(C(=O)N3CCOCC3)nc12)N1CCCC1=O. The van der Waals surface area contributed by atoms with Crippen molar-refractivity contribution in [3.63, 3.8) is 0 Å². The van der Waals surface area contributed by atoms with Crippen molar-refractivity contribution in [2.75, 3.05) is 43.5 Å². The van der Waals surface area contributed by atoms with E-state index in [-0.39, 0.29) is 52.0 Å². The molecule has 2 aliphatic heterocycles. The van der Waals surface area contributed by atoms with Crippen molar-refractivity contribution in [2.24, 2.45) is 5.92 Å². The molecule has 12 heteroatoms. The molecule has 12 nitrogen and oxygen atoms in total. The number of amides is 4. The number of carbonyl (C=O) groups is 4. The van der Waals surface area contributed by atoms with E-state index in [4.69, 9.17) is 9.15 Å². The summed E-state index contributed by atoms with van der Waals surface area (Å²) in [7, 11) is 0. The fraction of sp³-hybridized carbons (Fsp3) is 0.484. The summed E-state index contributed by atoms with van der Waals surface area (Å²) in [6, 6.07) is 6.69. The molecule has 2 fully saturated rings. The van der Waals surface area contributed by atoms with Gasteiger partial charge in [-0.05, 0) is 56.4 Å². The van der Waals surface area contributed by atoms with Crippen LogP contribution in [0.1, 0.15) is 72.6 Å². The lowest BCUT2D eigenvalue weighted by Gasteiger charge is -2.27. The van der Waals surface area contributed by atoms with Crippen LogP contribution in [0.25, 0.3) is 11.1 Å². The predicted molar refractivity (Wildman–Crippen MR) is 160 cm³/mol. The summed E-state index contributed by atoms with van der Waals surface area (Å²) in [4.78, 5) is 64.7. The van der Waals surface area contributed by atoms with Crippen molar-refractivity contribution in [2.45, 2.75) is 58.9 Å². The van der Waals surface area contributed by atoms with Crippen LogP contribution in [0, 0.1) is 12.8 Å². The lowest BCUT2D eigenvalue weighted by molar-refractivity contribution is -0.129. The highest BCUT2D eigenvalue weighted by Crippen LogP contribution is 2.32. The molecule has 43 heavy (non-hydrogen) atoms. The number of hydrogen-bond donors (Lipinski definition) is 2. The third-order valence-corrected chi connectivity index (χ3v) is 8.06. The molecule has 2 N–H and O–H groups in total. The Morgan fingerprint density at radius 1 is 1.05 bits per heavy atom. The fourth-order valence-electron chi connectivity index (χ4n) is 5.47. The topological polar surface area (TPSA) is 147 Å². The number of nitrogens with zero attached hydrogens (tertiary/aromatic N) is 4. The summed E-state index contributed by atoms with van der Waals surface area (Å²) in [6.07, 6.45) is 5.12. The van der Waals surface area contributed by atoms with Gasteiger partial charge in [0.25, 0.3) is 11.8 Å². The van der Waals surface area contributed by atoms with E-state index in [1.165, 1.54) is 0 Å². The number of pyridine rings is 2. The van der Waals surface area contributed by atoms with Crippen LogP contribution in [0.15, 0.2) is 34.9 Å². The van der Waals surface area contributed by atoms with Crippen molar-refractivity contribution < 1.29 is 28.3 Å². The minimum atomic E-state index is -0.614. The highest BCUT2D eigenvalue weighted by Gasteiger charge is 2.30. The van der Waals surface area contributed by atoms with Crippen LogP contribution in [0.4, 0.5) is 11.5 Å². The molecular formula is C31H38N6O6. The molecule has 4 amide bonds. The number of nitrogens with one attached hydrogen (secondary N) is 2. The highest BCUT2D eigenvalue weighted by molar-refractivity contribution is 6.14. The molecule has 0 radical (unpaired) electrons. The number of carbonyl (C=O) groups excluding carboxylic acids is 4. The van der Waals surface area contributed by atoms with Crippen LogP contribution >= 0.6 is 0 Å². The van der Waals surface area contributed by atoms with Gasteiger partial charge in [-0.25, -0.2) is 9.97 Å². The highest BCUT2D eigenvalue weighted by atomic mass is 16.5. The molecule has 2 atom stereocenters. The monoisotopic (exact) mass is 590 g/mol. The van der Waals surface area contributed by atoms with Crippen LogP contribution in [0.3, 0.4) is 0 Å². The van der Waals surface area contributed by atoms with Crippen LogP contribution in [-0.2, 0) is 14.3 Å². The third kappa shape index (κ3) is 6.85. The molecule has 5 heterocycles. The first-order valence-electron chi connectivity index (χ1n) is 14.9. The van der Waals surface area contributed by atoms with Crippen LogP contribution in [-0.4, -0.2) is 82.3 Å². The lowest BCUT2D eigenvalue weighted by Crippen LogP contribution is -2.41. The summed E-state index contributed by atoms with van der Waals surface area (Å²) in [5.74, 6) is -1.29. The number of likely N-dealkylation sites (tertiary alicyclic amines) is 1. The van der Waals surface area contributed by atoms with Crippen LogP contribution in [0.5, 0.6) is 0 Å². The Morgan fingerprint density at radius 3 is 2.51 bits per heavy atom. The minimum absolute atomic E-state index is 0.0822. The molecule has 228 valence electrons. The van der Waals surface area contributed by atoms with Gasteiger partial charge in [-0.1, -0.05) is 19.9 Å². The summed E-state index contributed by atoms with van der Waals surface area (Å²) in [5.41, 5.74) is 1.66. The first-order valence-corrected chi connectivity index (χ1v) is 14.9. The molecule has 3 aromatic rings. The zero-order valence-corrected chi connectivity index (χ0v) is 24.9. The average molecular weight is 591 g/mol. The van der Waals surface area contributed by atoms with Gasteiger partial charge in [0.15, 0.2) is 5.58 Å². The van der Waals surface area contributed by atoms with Gasteiger partial charge in [-0.3, -0.25) is 19.2 Å². The molecule has 0 spiro atoms. The van der Waals surface area contributed by atoms with Gasteiger partial charge in [0.05, 0.1) is 13.2 Å².